The van der Waals surface area contributed by atoms with Gasteiger partial charge in [-0.2, -0.15) is 5.26 Å². The van der Waals surface area contributed by atoms with E-state index in [1.54, 1.807) is 6.20 Å². The number of rotatable bonds is 2. The van der Waals surface area contributed by atoms with E-state index in [2.05, 4.69) is 106 Å². The molecule has 0 spiro atoms. The van der Waals surface area contributed by atoms with Crippen molar-refractivity contribution in [3.63, 3.8) is 0 Å². The molecule has 0 bridgehead atoms. The summed E-state index contributed by atoms with van der Waals surface area (Å²) < 4.78 is 4.68. The summed E-state index contributed by atoms with van der Waals surface area (Å²) in [6.45, 7) is 0. The summed E-state index contributed by atoms with van der Waals surface area (Å²) >= 11 is 0. The van der Waals surface area contributed by atoms with E-state index in [4.69, 9.17) is 15.0 Å². The predicted octanol–water partition coefficient (Wildman–Crippen LogP) is 9.96. The summed E-state index contributed by atoms with van der Waals surface area (Å²) in [6.07, 6.45) is 1.77. The minimum absolute atomic E-state index is 0.561. The number of nitriles is 1. The molecule has 0 saturated carbocycles. The van der Waals surface area contributed by atoms with Gasteiger partial charge in [0.2, 0.25) is 5.95 Å². The maximum absolute atomic E-state index is 9.73. The van der Waals surface area contributed by atoms with Crippen LogP contribution in [0, 0.1) is 11.3 Å². The Morgan fingerprint density at radius 1 is 0.562 bits per heavy atom. The van der Waals surface area contributed by atoms with Crippen LogP contribution in [0.4, 0.5) is 0 Å². The molecule has 0 radical (unpaired) electrons. The third kappa shape index (κ3) is 3.17. The fourth-order valence-corrected chi connectivity index (χ4v) is 7.97. The van der Waals surface area contributed by atoms with Gasteiger partial charge in [0.05, 0.1) is 44.7 Å². The first kappa shape index (κ1) is 25.4. The lowest BCUT2D eigenvalue weighted by molar-refractivity contribution is 1.01. The lowest BCUT2D eigenvalue weighted by Gasteiger charge is -2.12. The minimum Gasteiger partial charge on any atom is -0.308 e. The average molecular weight is 611 g/mol. The number of hydrogen-bond acceptors (Lipinski definition) is 4. The van der Waals surface area contributed by atoms with Gasteiger partial charge >= 0.3 is 0 Å². The molecule has 0 fully saturated rings. The number of hydrogen-bond donors (Lipinski definition) is 0. The molecule has 6 heteroatoms. The van der Waals surface area contributed by atoms with Crippen LogP contribution < -0.4 is 0 Å². The zero-order valence-corrected chi connectivity index (χ0v) is 25.4. The quantitative estimate of drug-likeness (QED) is 0.195. The lowest BCUT2D eigenvalue weighted by atomic mass is 10.0. The zero-order chi connectivity index (χ0) is 31.5. The summed E-state index contributed by atoms with van der Waals surface area (Å²) in [5, 5.41) is 19.2. The Bertz CT molecular complexity index is 3200. The Labute approximate surface area is 272 Å². The van der Waals surface area contributed by atoms with Crippen molar-refractivity contribution < 1.29 is 0 Å². The first-order valence-electron chi connectivity index (χ1n) is 15.9. The van der Waals surface area contributed by atoms with Crippen molar-refractivity contribution in [1.82, 2.24) is 23.9 Å². The highest BCUT2D eigenvalue weighted by molar-refractivity contribution is 6.37. The molecule has 0 aliphatic carbocycles. The van der Waals surface area contributed by atoms with Crippen LogP contribution in [0.15, 0.2) is 134 Å². The summed E-state index contributed by atoms with van der Waals surface area (Å²) in [5.74, 6) is 0.561. The maximum Gasteiger partial charge on any atom is 0.235 e. The predicted molar refractivity (Wildman–Crippen MR) is 194 cm³/mol. The maximum atomic E-state index is 9.73. The molecule has 11 aromatic rings. The van der Waals surface area contributed by atoms with Gasteiger partial charge in [-0.25, -0.2) is 9.97 Å². The highest BCUT2D eigenvalue weighted by Gasteiger charge is 2.26. The van der Waals surface area contributed by atoms with Crippen molar-refractivity contribution in [2.45, 2.75) is 0 Å². The van der Waals surface area contributed by atoms with Gasteiger partial charge in [-0.1, -0.05) is 84.9 Å². The van der Waals surface area contributed by atoms with Crippen LogP contribution in [0.25, 0.3) is 98.9 Å². The van der Waals surface area contributed by atoms with Crippen LogP contribution in [-0.2, 0) is 0 Å². The highest BCUT2D eigenvalue weighted by Crippen LogP contribution is 2.47. The smallest absolute Gasteiger partial charge is 0.235 e. The van der Waals surface area contributed by atoms with Crippen LogP contribution in [0.1, 0.15) is 5.56 Å². The molecule has 220 valence electrons. The third-order valence-electron chi connectivity index (χ3n) is 9.89. The van der Waals surface area contributed by atoms with Crippen LogP contribution in [0.3, 0.4) is 0 Å². The Morgan fingerprint density at radius 3 is 2.23 bits per heavy atom. The summed E-state index contributed by atoms with van der Waals surface area (Å²) in [5.41, 5.74) is 9.24. The Morgan fingerprint density at radius 2 is 1.35 bits per heavy atom. The molecule has 0 aliphatic heterocycles. The van der Waals surface area contributed by atoms with Gasteiger partial charge in [0.1, 0.15) is 11.2 Å². The number of nitrogens with zero attached hydrogens (tertiary/aromatic N) is 6. The van der Waals surface area contributed by atoms with Crippen molar-refractivity contribution in [1.29, 1.82) is 5.26 Å². The number of pyridine rings is 1. The second kappa shape index (κ2) is 9.12. The van der Waals surface area contributed by atoms with E-state index < -0.39 is 0 Å². The van der Waals surface area contributed by atoms with Crippen LogP contribution in [0.5, 0.6) is 0 Å². The summed E-state index contributed by atoms with van der Waals surface area (Å²) in [4.78, 5) is 15.2. The van der Waals surface area contributed by atoms with E-state index in [1.807, 2.05) is 36.4 Å². The highest BCUT2D eigenvalue weighted by atomic mass is 15.2. The Balaban J connectivity index is 1.40. The van der Waals surface area contributed by atoms with E-state index in [1.165, 1.54) is 43.5 Å². The number of para-hydroxylation sites is 2. The molecule has 6 aromatic carbocycles. The molecule has 48 heavy (non-hydrogen) atoms. The van der Waals surface area contributed by atoms with E-state index in [-0.39, 0.29) is 0 Å². The molecule has 0 atom stereocenters. The van der Waals surface area contributed by atoms with Crippen molar-refractivity contribution in [2.75, 3.05) is 0 Å². The van der Waals surface area contributed by atoms with Gasteiger partial charge in [0.15, 0.2) is 0 Å². The van der Waals surface area contributed by atoms with E-state index in [0.29, 0.717) is 22.7 Å². The molecule has 0 N–H and O–H groups in total. The first-order chi connectivity index (χ1) is 23.8. The molecular weight excluding hydrogens is 589 g/mol. The van der Waals surface area contributed by atoms with Gasteiger partial charge in [-0.15, -0.1) is 0 Å². The van der Waals surface area contributed by atoms with Crippen molar-refractivity contribution >= 4 is 81.7 Å². The fourth-order valence-electron chi connectivity index (χ4n) is 7.97. The lowest BCUT2D eigenvalue weighted by Crippen LogP contribution is -2.04. The number of fused-ring (bicyclic) bond motifs is 13. The summed E-state index contributed by atoms with van der Waals surface area (Å²) in [6, 6.07) is 46.5. The average Bonchev–Trinajstić information content (AvgIpc) is 3.79. The van der Waals surface area contributed by atoms with Crippen molar-refractivity contribution in [3.8, 4) is 23.3 Å². The first-order valence-corrected chi connectivity index (χ1v) is 15.9. The SMILES string of the molecule is N#Cc1cccc(-c2nc(-n3c4cc5c6ccccc6n6c7ccccc7c(c4c4ccc7ccccc7c43)c56)nc3cccnc23)c1. The largest absolute Gasteiger partial charge is 0.308 e. The topological polar surface area (TPSA) is 71.8 Å². The fraction of sp³-hybridized carbons (Fsp3) is 0. The molecule has 0 aliphatic rings. The standard InChI is InChI=1S/C42H22N6/c43-23-24-9-7-11-26(21-24)38-39-32(15-8-20-44-39)45-42(46-38)48-35-22-31-28-13-3-5-16-33(28)47-34-17-6-4-14-29(34)37(41(31)47)36(35)30-19-18-25-10-1-2-12-27(25)40(30)48/h1-22H. The van der Waals surface area contributed by atoms with Crippen LogP contribution in [-0.4, -0.2) is 23.9 Å². The van der Waals surface area contributed by atoms with Crippen molar-refractivity contribution in [3.05, 3.63) is 139 Å². The van der Waals surface area contributed by atoms with E-state index in [9.17, 15) is 5.26 Å². The molecule has 0 unspecified atom stereocenters. The monoisotopic (exact) mass is 610 g/mol. The Hall–Kier alpha value is -6.84. The van der Waals surface area contributed by atoms with Gasteiger partial charge in [-0.05, 0) is 47.9 Å². The second-order valence-corrected chi connectivity index (χ2v) is 12.4. The van der Waals surface area contributed by atoms with E-state index in [0.717, 1.165) is 38.3 Å². The molecule has 6 nitrogen and oxygen atoms in total. The molecule has 0 saturated heterocycles. The molecular formula is C42H22N6. The molecule has 5 heterocycles. The normalized spacial score (nSPS) is 12.1. The summed E-state index contributed by atoms with van der Waals surface area (Å²) in [7, 11) is 0. The van der Waals surface area contributed by atoms with Crippen LogP contribution >= 0.6 is 0 Å². The second-order valence-electron chi connectivity index (χ2n) is 12.4. The molecule has 11 rings (SSSR count). The Kier molecular flexibility index (Phi) is 4.82. The van der Waals surface area contributed by atoms with Crippen LogP contribution in [0.2, 0.25) is 0 Å². The van der Waals surface area contributed by atoms with Crippen molar-refractivity contribution in [2.24, 2.45) is 0 Å². The third-order valence-corrected chi connectivity index (χ3v) is 9.89. The van der Waals surface area contributed by atoms with E-state index >= 15 is 0 Å². The van der Waals surface area contributed by atoms with Gasteiger partial charge in [-0.3, -0.25) is 9.55 Å². The molecule has 5 aromatic heterocycles. The van der Waals surface area contributed by atoms with Gasteiger partial charge < -0.3 is 4.40 Å². The molecule has 0 amide bonds. The number of aromatic nitrogens is 5. The van der Waals surface area contributed by atoms with Gasteiger partial charge in [0, 0.05) is 49.5 Å². The van der Waals surface area contributed by atoms with Gasteiger partial charge in [0.25, 0.3) is 0 Å². The minimum atomic E-state index is 0.561. The zero-order valence-electron chi connectivity index (χ0n) is 25.4. The number of benzene rings is 6.